The lowest BCUT2D eigenvalue weighted by Crippen LogP contribution is -2.49. The summed E-state index contributed by atoms with van der Waals surface area (Å²) in [6.07, 6.45) is 0. The molecular weight excluding hydrogens is 378 g/mol. The molecule has 2 aliphatic rings. The van der Waals surface area contributed by atoms with Crippen LogP contribution in [0.1, 0.15) is 34.1 Å². The molecule has 3 amide bonds. The molecule has 30 heavy (non-hydrogen) atoms. The highest BCUT2D eigenvalue weighted by Crippen LogP contribution is 2.24. The average molecular weight is 408 g/mol. The van der Waals surface area contributed by atoms with Crippen LogP contribution >= 0.6 is 0 Å². The van der Waals surface area contributed by atoms with Crippen LogP contribution in [-0.2, 0) is 0 Å². The molecule has 0 radical (unpaired) electrons. The highest BCUT2D eigenvalue weighted by molar-refractivity contribution is 5.97. The highest BCUT2D eigenvalue weighted by atomic mass is 16.2. The highest BCUT2D eigenvalue weighted by Gasteiger charge is 2.29. The van der Waals surface area contributed by atoms with Crippen molar-refractivity contribution in [2.75, 3.05) is 42.5 Å². The first kappa shape index (κ1) is 20.2. The van der Waals surface area contributed by atoms with Gasteiger partial charge in [0, 0.05) is 49.7 Å². The summed E-state index contributed by atoms with van der Waals surface area (Å²) in [7, 11) is 0. The third-order valence-electron chi connectivity index (χ3n) is 6.10. The molecule has 1 N–H and O–H groups in total. The summed E-state index contributed by atoms with van der Waals surface area (Å²) in [6.45, 7) is 11.7. The topological polar surface area (TPSA) is 68.8 Å². The van der Waals surface area contributed by atoms with Crippen molar-refractivity contribution in [1.29, 1.82) is 0 Å². The van der Waals surface area contributed by atoms with Crippen molar-refractivity contribution in [3.8, 4) is 0 Å². The molecule has 2 saturated heterocycles. The summed E-state index contributed by atoms with van der Waals surface area (Å²) in [4.78, 5) is 35.6. The molecule has 1 unspecified atom stereocenters. The lowest BCUT2D eigenvalue weighted by molar-refractivity contribution is 0.0746. The molecule has 3 heterocycles. The van der Waals surface area contributed by atoms with Gasteiger partial charge < -0.3 is 15.1 Å². The van der Waals surface area contributed by atoms with Crippen molar-refractivity contribution in [3.63, 3.8) is 0 Å². The zero-order chi connectivity index (χ0) is 21.4. The molecule has 1 aromatic carbocycles. The Morgan fingerprint density at radius 3 is 2.30 bits per heavy atom. The normalized spacial score (nSPS) is 19.3. The van der Waals surface area contributed by atoms with E-state index in [1.54, 1.807) is 4.90 Å². The molecule has 0 aliphatic carbocycles. The van der Waals surface area contributed by atoms with E-state index in [2.05, 4.69) is 30.1 Å². The van der Waals surface area contributed by atoms with Crippen molar-refractivity contribution in [1.82, 2.24) is 15.2 Å². The predicted molar refractivity (Wildman–Crippen MR) is 118 cm³/mol. The fourth-order valence-corrected chi connectivity index (χ4v) is 4.20. The summed E-state index contributed by atoms with van der Waals surface area (Å²) < 4.78 is 0. The molecule has 2 fully saturated rings. The minimum Gasteiger partial charge on any atom is -0.353 e. The van der Waals surface area contributed by atoms with Gasteiger partial charge in [-0.25, -0.2) is 9.78 Å². The van der Waals surface area contributed by atoms with Gasteiger partial charge in [0.15, 0.2) is 0 Å². The number of hydrogen-bond donors (Lipinski definition) is 1. The fraction of sp³-hybridized carbons (Fsp3) is 0.435. The summed E-state index contributed by atoms with van der Waals surface area (Å²) in [5, 5.41) is 2.84. The van der Waals surface area contributed by atoms with Crippen molar-refractivity contribution in [2.45, 2.75) is 33.7 Å². The molecule has 158 valence electrons. The number of piperazine rings is 1. The van der Waals surface area contributed by atoms with Crippen molar-refractivity contribution >= 4 is 23.4 Å². The number of aryl methyl sites for hydroxylation is 3. The maximum atomic E-state index is 13.0. The Labute approximate surface area is 177 Å². The number of urea groups is 1. The number of hydrogen-bond acceptors (Lipinski definition) is 4. The summed E-state index contributed by atoms with van der Waals surface area (Å²) >= 11 is 0. The van der Waals surface area contributed by atoms with Crippen LogP contribution in [0.2, 0.25) is 0 Å². The van der Waals surface area contributed by atoms with Crippen LogP contribution in [0.15, 0.2) is 30.3 Å². The van der Waals surface area contributed by atoms with Crippen LogP contribution in [0, 0.1) is 20.8 Å². The minimum atomic E-state index is -0.0899. The number of benzene rings is 1. The SMILES string of the molecule is Cc1cc(C)c(N2CCN(C(=O)c3ccc(N4C(=O)NCC4C)cc3)CC2)nc1C. The number of amides is 3. The Balaban J connectivity index is 1.41. The van der Waals surface area contributed by atoms with Gasteiger partial charge in [-0.05, 0) is 63.1 Å². The Morgan fingerprint density at radius 2 is 1.70 bits per heavy atom. The van der Waals surface area contributed by atoms with Gasteiger partial charge in [-0.1, -0.05) is 6.07 Å². The number of rotatable bonds is 3. The smallest absolute Gasteiger partial charge is 0.322 e. The molecule has 4 rings (SSSR count). The van der Waals surface area contributed by atoms with Gasteiger partial charge in [-0.3, -0.25) is 9.69 Å². The van der Waals surface area contributed by atoms with Crippen LogP contribution in [0.4, 0.5) is 16.3 Å². The zero-order valence-corrected chi connectivity index (χ0v) is 18.1. The van der Waals surface area contributed by atoms with Crippen LogP contribution in [-0.4, -0.2) is 60.6 Å². The first-order chi connectivity index (χ1) is 14.3. The van der Waals surface area contributed by atoms with Crippen LogP contribution in [0.25, 0.3) is 0 Å². The Morgan fingerprint density at radius 1 is 1.03 bits per heavy atom. The Bertz CT molecular complexity index is 964. The van der Waals surface area contributed by atoms with Gasteiger partial charge in [0.25, 0.3) is 5.91 Å². The number of aromatic nitrogens is 1. The maximum absolute atomic E-state index is 13.0. The summed E-state index contributed by atoms with van der Waals surface area (Å²) in [5.41, 5.74) is 4.90. The number of anilines is 2. The lowest BCUT2D eigenvalue weighted by Gasteiger charge is -2.36. The van der Waals surface area contributed by atoms with Crippen molar-refractivity contribution < 1.29 is 9.59 Å². The number of carbonyl (C=O) groups excluding carboxylic acids is 2. The average Bonchev–Trinajstić information content (AvgIpc) is 3.08. The number of carbonyl (C=O) groups is 2. The number of nitrogens with one attached hydrogen (secondary N) is 1. The molecule has 0 spiro atoms. The predicted octanol–water partition coefficient (Wildman–Crippen LogP) is 2.89. The van der Waals surface area contributed by atoms with E-state index in [0.717, 1.165) is 30.3 Å². The van der Waals surface area contributed by atoms with Gasteiger partial charge in [0.2, 0.25) is 0 Å². The molecule has 7 heteroatoms. The van der Waals surface area contributed by atoms with E-state index in [9.17, 15) is 9.59 Å². The molecule has 1 atom stereocenters. The van der Waals surface area contributed by atoms with Crippen molar-refractivity contribution in [2.24, 2.45) is 0 Å². The first-order valence-electron chi connectivity index (χ1n) is 10.5. The van der Waals surface area contributed by atoms with E-state index in [1.807, 2.05) is 43.0 Å². The van der Waals surface area contributed by atoms with Gasteiger partial charge in [0.05, 0.1) is 6.04 Å². The van der Waals surface area contributed by atoms with E-state index in [4.69, 9.17) is 4.98 Å². The Hall–Kier alpha value is -3.09. The monoisotopic (exact) mass is 407 g/mol. The maximum Gasteiger partial charge on any atom is 0.322 e. The molecule has 1 aromatic heterocycles. The minimum absolute atomic E-state index is 0.0323. The van der Waals surface area contributed by atoms with Gasteiger partial charge >= 0.3 is 6.03 Å². The Kier molecular flexibility index (Phi) is 5.37. The van der Waals surface area contributed by atoms with E-state index in [-0.39, 0.29) is 18.0 Å². The third kappa shape index (κ3) is 3.72. The quantitative estimate of drug-likeness (QED) is 0.850. The second-order valence-corrected chi connectivity index (χ2v) is 8.26. The van der Waals surface area contributed by atoms with Gasteiger partial charge in [-0.15, -0.1) is 0 Å². The molecule has 2 aliphatic heterocycles. The lowest BCUT2D eigenvalue weighted by atomic mass is 10.1. The first-order valence-corrected chi connectivity index (χ1v) is 10.5. The molecule has 0 saturated carbocycles. The fourth-order valence-electron chi connectivity index (χ4n) is 4.20. The number of pyridine rings is 1. The standard InChI is InChI=1S/C23H29N5O2/c1-15-13-16(2)21(25-18(15)4)26-9-11-27(12-10-26)22(29)19-5-7-20(8-6-19)28-17(3)14-24-23(28)30/h5-8,13,17H,9-12,14H2,1-4H3,(H,24,30). The number of nitrogens with zero attached hydrogens (tertiary/aromatic N) is 4. The van der Waals surface area contributed by atoms with Crippen LogP contribution < -0.4 is 15.1 Å². The second kappa shape index (κ2) is 7.97. The molecule has 2 aromatic rings. The molecular formula is C23H29N5O2. The largest absolute Gasteiger partial charge is 0.353 e. The van der Waals surface area contributed by atoms with E-state index < -0.39 is 0 Å². The van der Waals surface area contributed by atoms with Crippen LogP contribution in [0.3, 0.4) is 0 Å². The van der Waals surface area contributed by atoms with Crippen LogP contribution in [0.5, 0.6) is 0 Å². The van der Waals surface area contributed by atoms with E-state index in [0.29, 0.717) is 25.2 Å². The van der Waals surface area contributed by atoms with Gasteiger partial charge in [-0.2, -0.15) is 0 Å². The van der Waals surface area contributed by atoms with Crippen molar-refractivity contribution in [3.05, 3.63) is 52.7 Å². The van der Waals surface area contributed by atoms with E-state index >= 15 is 0 Å². The second-order valence-electron chi connectivity index (χ2n) is 8.26. The van der Waals surface area contributed by atoms with E-state index in [1.165, 1.54) is 11.1 Å². The summed E-state index contributed by atoms with van der Waals surface area (Å²) in [5.74, 6) is 1.05. The van der Waals surface area contributed by atoms with Gasteiger partial charge in [0.1, 0.15) is 5.82 Å². The zero-order valence-electron chi connectivity index (χ0n) is 18.1. The molecule has 0 bridgehead atoms. The third-order valence-corrected chi connectivity index (χ3v) is 6.10. The molecule has 7 nitrogen and oxygen atoms in total. The summed E-state index contributed by atoms with van der Waals surface area (Å²) in [6, 6.07) is 9.54.